The second-order valence-electron chi connectivity index (χ2n) is 12.5. The van der Waals surface area contributed by atoms with Crippen LogP contribution < -0.4 is 15.0 Å². The zero-order valence-corrected chi connectivity index (χ0v) is 26.1. The van der Waals surface area contributed by atoms with Gasteiger partial charge in [0, 0.05) is 30.2 Å². The number of hydrogen-bond acceptors (Lipinski definition) is 9. The molecular formula is C35H33F3N6O4. The van der Waals surface area contributed by atoms with Gasteiger partial charge in [0.2, 0.25) is 0 Å². The van der Waals surface area contributed by atoms with Crippen molar-refractivity contribution in [3.8, 4) is 35.4 Å². The maximum absolute atomic E-state index is 16.9. The van der Waals surface area contributed by atoms with E-state index in [4.69, 9.17) is 20.9 Å². The number of pyridine rings is 1. The van der Waals surface area contributed by atoms with Crippen molar-refractivity contribution >= 4 is 33.4 Å². The molecule has 248 valence electrons. The van der Waals surface area contributed by atoms with E-state index < -0.39 is 29.4 Å². The van der Waals surface area contributed by atoms with Crippen LogP contribution in [-0.2, 0) is 9.53 Å². The summed E-state index contributed by atoms with van der Waals surface area (Å²) in [7, 11) is 0. The summed E-state index contributed by atoms with van der Waals surface area (Å²) in [5, 5.41) is 14.0. The van der Waals surface area contributed by atoms with Gasteiger partial charge in [-0.15, -0.1) is 6.42 Å². The monoisotopic (exact) mass is 658 g/mol. The number of aromatic nitrogens is 3. The molecule has 2 aromatic carbocycles. The van der Waals surface area contributed by atoms with Crippen molar-refractivity contribution < 1.29 is 32.5 Å². The van der Waals surface area contributed by atoms with Crippen LogP contribution in [0.5, 0.6) is 11.8 Å². The molecule has 2 N–H and O–H groups in total. The van der Waals surface area contributed by atoms with Crippen molar-refractivity contribution in [1.29, 1.82) is 0 Å². The third kappa shape index (κ3) is 5.65. The lowest BCUT2D eigenvalue weighted by atomic mass is 9.95. The fourth-order valence-corrected chi connectivity index (χ4v) is 7.28. The molecule has 3 fully saturated rings. The summed E-state index contributed by atoms with van der Waals surface area (Å²) in [6, 6.07) is 4.63. The van der Waals surface area contributed by atoms with Gasteiger partial charge in [-0.3, -0.25) is 14.7 Å². The minimum atomic E-state index is -1.13. The number of carbonyl (C=O) groups excluding carboxylic acids is 1. The first-order valence-corrected chi connectivity index (χ1v) is 15.8. The van der Waals surface area contributed by atoms with Crippen LogP contribution in [-0.4, -0.2) is 88.4 Å². The molecule has 0 aliphatic carbocycles. The highest BCUT2D eigenvalue weighted by Crippen LogP contribution is 2.41. The van der Waals surface area contributed by atoms with E-state index >= 15 is 4.39 Å². The average Bonchev–Trinajstić information content (AvgIpc) is 3.57. The first-order valence-electron chi connectivity index (χ1n) is 15.8. The number of benzene rings is 2. The number of ether oxygens (including phenoxy) is 2. The Labute approximate surface area is 274 Å². The van der Waals surface area contributed by atoms with Crippen LogP contribution in [0.3, 0.4) is 0 Å². The molecule has 4 aromatic rings. The summed E-state index contributed by atoms with van der Waals surface area (Å²) in [5.74, 6) is -1.19. The third-order valence-corrected chi connectivity index (χ3v) is 9.52. The van der Waals surface area contributed by atoms with Gasteiger partial charge in [-0.1, -0.05) is 18.6 Å². The summed E-state index contributed by atoms with van der Waals surface area (Å²) in [6.07, 6.45) is 11.1. The van der Waals surface area contributed by atoms with Crippen molar-refractivity contribution in [2.45, 2.75) is 37.3 Å². The Morgan fingerprint density at radius 1 is 1.21 bits per heavy atom. The molecule has 3 saturated heterocycles. The number of hydrogen-bond donors (Lipinski definition) is 2. The molecule has 3 aliphatic heterocycles. The van der Waals surface area contributed by atoms with Crippen LogP contribution in [0.25, 0.3) is 32.9 Å². The molecule has 10 nitrogen and oxygen atoms in total. The molecule has 0 radical (unpaired) electrons. The normalized spacial score (nSPS) is 19.2. The van der Waals surface area contributed by atoms with Crippen molar-refractivity contribution in [2.75, 3.05) is 50.9 Å². The van der Waals surface area contributed by atoms with Gasteiger partial charge in [0.15, 0.2) is 11.6 Å². The van der Waals surface area contributed by atoms with Gasteiger partial charge in [0.1, 0.15) is 35.2 Å². The molecule has 2 aromatic heterocycles. The molecule has 0 spiro atoms. The molecule has 1 amide bonds. The summed E-state index contributed by atoms with van der Waals surface area (Å²) in [4.78, 5) is 30.0. The summed E-state index contributed by atoms with van der Waals surface area (Å²) >= 11 is 0. The van der Waals surface area contributed by atoms with Gasteiger partial charge < -0.3 is 24.8 Å². The molecular weight excluding hydrogens is 625 g/mol. The van der Waals surface area contributed by atoms with Crippen molar-refractivity contribution in [3.05, 3.63) is 60.1 Å². The van der Waals surface area contributed by atoms with E-state index in [1.165, 1.54) is 30.5 Å². The van der Waals surface area contributed by atoms with Gasteiger partial charge >= 0.3 is 6.01 Å². The number of terminal acetylenes is 1. The molecule has 3 aliphatic rings. The minimum absolute atomic E-state index is 0.0549. The van der Waals surface area contributed by atoms with Crippen LogP contribution >= 0.6 is 0 Å². The van der Waals surface area contributed by atoms with Gasteiger partial charge in [-0.2, -0.15) is 9.97 Å². The molecule has 13 heteroatoms. The minimum Gasteiger partial charge on any atom is -0.508 e. The Bertz CT molecular complexity index is 1990. The Morgan fingerprint density at radius 3 is 2.75 bits per heavy atom. The van der Waals surface area contributed by atoms with Crippen molar-refractivity contribution in [2.24, 2.45) is 0 Å². The van der Waals surface area contributed by atoms with E-state index in [1.54, 1.807) is 4.90 Å². The number of rotatable bonds is 7. The zero-order valence-electron chi connectivity index (χ0n) is 26.1. The Morgan fingerprint density at radius 2 is 2.00 bits per heavy atom. The van der Waals surface area contributed by atoms with E-state index in [0.29, 0.717) is 18.5 Å². The number of aromatic hydroxyl groups is 1. The second-order valence-corrected chi connectivity index (χ2v) is 12.5. The standard InChI is InChI=1S/C35H33F3N6O4/c1-3-24-27(37)7-6-21-14-23(45)15-25(28(21)24)30-29(38)31-26(16-39-30)32(43-12-13-47-18-22(17-43)40-33(46)20(2)36)42-34(41-31)48-19-35-8-4-10-44(35)11-5-9-35/h1,6-7,14-16,22,45H,2,4-5,8-13,17-19H2,(H,40,46)/t22-/m1/s1. The zero-order chi connectivity index (χ0) is 33.6. The molecule has 0 saturated carbocycles. The fourth-order valence-electron chi connectivity index (χ4n) is 7.28. The molecule has 0 bridgehead atoms. The number of amides is 1. The van der Waals surface area contributed by atoms with Crippen molar-refractivity contribution in [1.82, 2.24) is 25.2 Å². The van der Waals surface area contributed by atoms with Crippen LogP contribution in [0.4, 0.5) is 19.0 Å². The highest BCUT2D eigenvalue weighted by Gasteiger charge is 2.45. The van der Waals surface area contributed by atoms with Gasteiger partial charge in [0.05, 0.1) is 35.7 Å². The van der Waals surface area contributed by atoms with E-state index in [-0.39, 0.29) is 76.0 Å². The van der Waals surface area contributed by atoms with E-state index in [2.05, 4.69) is 32.7 Å². The van der Waals surface area contributed by atoms with Gasteiger partial charge in [0.25, 0.3) is 5.91 Å². The number of nitrogens with one attached hydrogen (secondary N) is 1. The highest BCUT2D eigenvalue weighted by molar-refractivity contribution is 6.03. The smallest absolute Gasteiger partial charge is 0.319 e. The predicted octanol–water partition coefficient (Wildman–Crippen LogP) is 4.62. The number of anilines is 1. The third-order valence-electron chi connectivity index (χ3n) is 9.52. The number of carbonyl (C=O) groups is 1. The van der Waals surface area contributed by atoms with Crippen LogP contribution in [0, 0.1) is 24.0 Å². The van der Waals surface area contributed by atoms with Crippen LogP contribution in [0.15, 0.2) is 42.9 Å². The summed E-state index contributed by atoms with van der Waals surface area (Å²) in [5.41, 5.74) is -0.476. The lowest BCUT2D eigenvalue weighted by Gasteiger charge is -2.31. The number of fused-ring (bicyclic) bond motifs is 3. The molecule has 7 rings (SSSR count). The quantitative estimate of drug-likeness (QED) is 0.217. The molecule has 5 heterocycles. The first kappa shape index (κ1) is 31.7. The first-order chi connectivity index (χ1) is 23.2. The largest absolute Gasteiger partial charge is 0.508 e. The predicted molar refractivity (Wildman–Crippen MR) is 173 cm³/mol. The SMILES string of the molecule is C#Cc1c(F)ccc2cc(O)cc(-c3ncc4c(N5CCOC[C@H](NC(=O)C(=C)F)C5)nc(OCC56CCCN5CCC6)nc4c3F)c12. The van der Waals surface area contributed by atoms with E-state index in [0.717, 1.165) is 38.8 Å². The lowest BCUT2D eigenvalue weighted by molar-refractivity contribution is -0.119. The number of phenols is 1. The fraction of sp³-hybridized carbons (Fsp3) is 0.371. The van der Waals surface area contributed by atoms with Gasteiger partial charge in [-0.05, 0) is 62.4 Å². The van der Waals surface area contributed by atoms with E-state index in [1.807, 2.05) is 0 Å². The number of nitrogens with zero attached hydrogens (tertiary/aromatic N) is 5. The van der Waals surface area contributed by atoms with E-state index in [9.17, 15) is 18.7 Å². The highest BCUT2D eigenvalue weighted by atomic mass is 19.1. The maximum Gasteiger partial charge on any atom is 0.319 e. The maximum atomic E-state index is 16.9. The Balaban J connectivity index is 1.36. The molecule has 0 unspecified atom stereocenters. The van der Waals surface area contributed by atoms with Crippen molar-refractivity contribution in [3.63, 3.8) is 0 Å². The second kappa shape index (κ2) is 12.6. The summed E-state index contributed by atoms with van der Waals surface area (Å²) < 4.78 is 57.2. The Hall–Kier alpha value is -4.93. The number of phenolic OH excluding ortho intramolecular Hbond substituents is 1. The summed E-state index contributed by atoms with van der Waals surface area (Å²) in [6.45, 7) is 6.15. The Kier molecular flexibility index (Phi) is 8.30. The number of halogens is 3. The molecule has 1 atom stereocenters. The van der Waals surface area contributed by atoms with Crippen LogP contribution in [0.2, 0.25) is 0 Å². The lowest BCUT2D eigenvalue weighted by Crippen LogP contribution is -2.45. The average molecular weight is 659 g/mol. The van der Waals surface area contributed by atoms with Gasteiger partial charge in [-0.25, -0.2) is 13.2 Å². The molecule has 48 heavy (non-hydrogen) atoms. The van der Waals surface area contributed by atoms with Crippen LogP contribution in [0.1, 0.15) is 31.2 Å². The topological polar surface area (TPSA) is 113 Å².